The predicted molar refractivity (Wildman–Crippen MR) is 36.1 cm³/mol. The molecule has 0 bridgehead atoms. The maximum atomic E-state index is 5.25. The SMILES string of the molecule is Cl.Cn1cc(CN)nn1. The van der Waals surface area contributed by atoms with Gasteiger partial charge in [-0.3, -0.25) is 4.68 Å². The molecule has 0 aliphatic carbocycles. The lowest BCUT2D eigenvalue weighted by atomic mass is 10.5. The number of halogens is 1. The molecule has 0 radical (unpaired) electrons. The molecule has 0 spiro atoms. The van der Waals surface area contributed by atoms with Crippen LogP contribution >= 0.6 is 12.4 Å². The average Bonchev–Trinajstić information content (AvgIpc) is 2.14. The van der Waals surface area contributed by atoms with E-state index in [0.29, 0.717) is 6.54 Å². The predicted octanol–water partition coefficient (Wildman–Crippen LogP) is -0.304. The second-order valence-electron chi connectivity index (χ2n) is 1.59. The molecule has 0 aliphatic heterocycles. The molecule has 0 amide bonds. The van der Waals surface area contributed by atoms with Crippen LogP contribution in [-0.4, -0.2) is 15.0 Å². The molecule has 9 heavy (non-hydrogen) atoms. The smallest absolute Gasteiger partial charge is 0.0962 e. The van der Waals surface area contributed by atoms with Gasteiger partial charge in [0.25, 0.3) is 0 Å². The van der Waals surface area contributed by atoms with Gasteiger partial charge in [-0.25, -0.2) is 0 Å². The molecule has 5 heteroatoms. The first-order valence-electron chi connectivity index (χ1n) is 2.38. The third-order valence-corrected chi connectivity index (χ3v) is 0.859. The topological polar surface area (TPSA) is 56.7 Å². The zero-order valence-corrected chi connectivity index (χ0v) is 5.93. The minimum absolute atomic E-state index is 0. The Morgan fingerprint density at radius 3 is 2.67 bits per heavy atom. The summed E-state index contributed by atoms with van der Waals surface area (Å²) in [6, 6.07) is 0. The zero-order chi connectivity index (χ0) is 5.98. The van der Waals surface area contributed by atoms with E-state index in [1.54, 1.807) is 10.9 Å². The van der Waals surface area contributed by atoms with E-state index in [1.807, 2.05) is 7.05 Å². The second kappa shape index (κ2) is 3.42. The minimum Gasteiger partial charge on any atom is -0.325 e. The molecule has 0 saturated heterocycles. The van der Waals surface area contributed by atoms with Crippen LogP contribution in [0.4, 0.5) is 0 Å². The van der Waals surface area contributed by atoms with Crippen molar-refractivity contribution >= 4 is 12.4 Å². The maximum absolute atomic E-state index is 5.25. The molecular formula is C4H9ClN4. The first-order chi connectivity index (χ1) is 3.83. The van der Waals surface area contributed by atoms with Gasteiger partial charge < -0.3 is 5.73 Å². The van der Waals surface area contributed by atoms with Crippen molar-refractivity contribution in [2.45, 2.75) is 6.54 Å². The van der Waals surface area contributed by atoms with Gasteiger partial charge in [0.1, 0.15) is 0 Å². The molecule has 0 aliphatic rings. The van der Waals surface area contributed by atoms with Crippen LogP contribution in [0.2, 0.25) is 0 Å². The summed E-state index contributed by atoms with van der Waals surface area (Å²) in [5.41, 5.74) is 6.07. The Labute approximate surface area is 59.4 Å². The van der Waals surface area contributed by atoms with Crippen molar-refractivity contribution in [2.75, 3.05) is 0 Å². The number of hydrogen-bond donors (Lipinski definition) is 1. The lowest BCUT2D eigenvalue weighted by molar-refractivity contribution is 0.713. The fourth-order valence-electron chi connectivity index (χ4n) is 0.489. The van der Waals surface area contributed by atoms with Gasteiger partial charge in [-0.2, -0.15) is 0 Å². The Morgan fingerprint density at radius 2 is 2.44 bits per heavy atom. The summed E-state index contributed by atoms with van der Waals surface area (Å²) < 4.78 is 1.63. The highest BCUT2D eigenvalue weighted by molar-refractivity contribution is 5.85. The Bertz CT molecular complexity index is 173. The van der Waals surface area contributed by atoms with E-state index < -0.39 is 0 Å². The summed E-state index contributed by atoms with van der Waals surface area (Å²) in [6.45, 7) is 0.466. The summed E-state index contributed by atoms with van der Waals surface area (Å²) in [5, 5.41) is 7.40. The van der Waals surface area contributed by atoms with Crippen molar-refractivity contribution in [3.8, 4) is 0 Å². The van der Waals surface area contributed by atoms with E-state index in [0.717, 1.165) is 5.69 Å². The number of nitrogens with zero attached hydrogens (tertiary/aromatic N) is 3. The monoisotopic (exact) mass is 148 g/mol. The molecule has 0 fully saturated rings. The van der Waals surface area contributed by atoms with Gasteiger partial charge >= 0.3 is 0 Å². The second-order valence-corrected chi connectivity index (χ2v) is 1.59. The lowest BCUT2D eigenvalue weighted by Gasteiger charge is -1.79. The number of rotatable bonds is 1. The van der Waals surface area contributed by atoms with Crippen molar-refractivity contribution in [1.82, 2.24) is 15.0 Å². The van der Waals surface area contributed by atoms with Crippen LogP contribution in [0.25, 0.3) is 0 Å². The fourth-order valence-corrected chi connectivity index (χ4v) is 0.489. The van der Waals surface area contributed by atoms with Crippen molar-refractivity contribution in [3.63, 3.8) is 0 Å². The van der Waals surface area contributed by atoms with Crippen molar-refractivity contribution < 1.29 is 0 Å². The van der Waals surface area contributed by atoms with Gasteiger partial charge in [-0.15, -0.1) is 17.5 Å². The van der Waals surface area contributed by atoms with Crippen LogP contribution in [-0.2, 0) is 13.6 Å². The van der Waals surface area contributed by atoms with Gasteiger partial charge in [-0.05, 0) is 0 Å². The molecule has 1 heterocycles. The molecule has 0 unspecified atom stereocenters. The van der Waals surface area contributed by atoms with E-state index >= 15 is 0 Å². The van der Waals surface area contributed by atoms with Gasteiger partial charge in [0.05, 0.1) is 5.69 Å². The highest BCUT2D eigenvalue weighted by atomic mass is 35.5. The third kappa shape index (κ3) is 1.99. The first kappa shape index (κ1) is 8.39. The maximum Gasteiger partial charge on any atom is 0.0962 e. The van der Waals surface area contributed by atoms with Gasteiger partial charge in [0.15, 0.2) is 0 Å². The number of hydrogen-bond acceptors (Lipinski definition) is 3. The normalized spacial score (nSPS) is 8.67. The van der Waals surface area contributed by atoms with Crippen LogP contribution in [0.3, 0.4) is 0 Å². The average molecular weight is 149 g/mol. The molecular weight excluding hydrogens is 140 g/mol. The van der Waals surface area contributed by atoms with Gasteiger partial charge in [0.2, 0.25) is 0 Å². The molecule has 0 atom stereocenters. The van der Waals surface area contributed by atoms with E-state index in [4.69, 9.17) is 5.73 Å². The zero-order valence-electron chi connectivity index (χ0n) is 5.11. The van der Waals surface area contributed by atoms with E-state index in [1.165, 1.54) is 0 Å². The fraction of sp³-hybridized carbons (Fsp3) is 0.500. The summed E-state index contributed by atoms with van der Waals surface area (Å²) >= 11 is 0. The molecule has 0 saturated carbocycles. The van der Waals surface area contributed by atoms with Gasteiger partial charge in [0, 0.05) is 19.8 Å². The molecule has 0 aromatic carbocycles. The Kier molecular flexibility index (Phi) is 3.19. The summed E-state index contributed by atoms with van der Waals surface area (Å²) in [6.07, 6.45) is 1.79. The van der Waals surface area contributed by atoms with Gasteiger partial charge in [-0.1, -0.05) is 5.21 Å². The highest BCUT2D eigenvalue weighted by Crippen LogP contribution is 1.85. The van der Waals surface area contributed by atoms with Crippen LogP contribution in [0.1, 0.15) is 5.69 Å². The first-order valence-corrected chi connectivity index (χ1v) is 2.38. The van der Waals surface area contributed by atoms with Crippen molar-refractivity contribution in [3.05, 3.63) is 11.9 Å². The number of aromatic nitrogens is 3. The molecule has 1 aromatic heterocycles. The molecule has 1 aromatic rings. The Morgan fingerprint density at radius 1 is 1.78 bits per heavy atom. The largest absolute Gasteiger partial charge is 0.325 e. The summed E-state index contributed by atoms with van der Waals surface area (Å²) in [5.74, 6) is 0. The highest BCUT2D eigenvalue weighted by Gasteiger charge is 1.90. The lowest BCUT2D eigenvalue weighted by Crippen LogP contribution is -1.95. The Hall–Kier alpha value is -0.610. The summed E-state index contributed by atoms with van der Waals surface area (Å²) in [7, 11) is 1.81. The molecule has 2 N–H and O–H groups in total. The number of aryl methyl sites for hydroxylation is 1. The third-order valence-electron chi connectivity index (χ3n) is 0.859. The quantitative estimate of drug-likeness (QED) is 0.595. The van der Waals surface area contributed by atoms with E-state index in [2.05, 4.69) is 10.3 Å². The molecule has 4 nitrogen and oxygen atoms in total. The van der Waals surface area contributed by atoms with Crippen LogP contribution in [0, 0.1) is 0 Å². The number of nitrogens with two attached hydrogens (primary N) is 1. The van der Waals surface area contributed by atoms with E-state index in [-0.39, 0.29) is 12.4 Å². The summed E-state index contributed by atoms with van der Waals surface area (Å²) in [4.78, 5) is 0. The van der Waals surface area contributed by atoms with Crippen molar-refractivity contribution in [2.24, 2.45) is 12.8 Å². The minimum atomic E-state index is 0. The van der Waals surface area contributed by atoms with Crippen LogP contribution in [0.5, 0.6) is 0 Å². The van der Waals surface area contributed by atoms with Crippen molar-refractivity contribution in [1.29, 1.82) is 0 Å². The standard InChI is InChI=1S/C4H8N4.ClH/c1-8-3-4(2-5)6-7-8;/h3H,2,5H2,1H3;1H. The molecule has 52 valence electrons. The van der Waals surface area contributed by atoms with Crippen LogP contribution in [0.15, 0.2) is 6.20 Å². The Balaban J connectivity index is 0.000000640. The van der Waals surface area contributed by atoms with Crippen LogP contribution < -0.4 is 5.73 Å². The molecule has 1 rings (SSSR count). The van der Waals surface area contributed by atoms with E-state index in [9.17, 15) is 0 Å².